The fourth-order valence-corrected chi connectivity index (χ4v) is 5.92. The van der Waals surface area contributed by atoms with E-state index in [0.29, 0.717) is 18.8 Å². The van der Waals surface area contributed by atoms with Crippen LogP contribution in [0, 0.1) is 11.8 Å². The number of carbonyl (C=O) groups is 2. The Morgan fingerprint density at radius 2 is 1.42 bits per heavy atom. The second-order valence-corrected chi connectivity index (χ2v) is 10.3. The van der Waals surface area contributed by atoms with Gasteiger partial charge in [-0.15, -0.1) is 0 Å². The number of anilines is 1. The van der Waals surface area contributed by atoms with Gasteiger partial charge in [0.1, 0.15) is 11.5 Å². The zero-order chi connectivity index (χ0) is 26.5. The molecular formula is C32H36N2O4. The average molecular weight is 513 g/mol. The summed E-state index contributed by atoms with van der Waals surface area (Å²) in [6.45, 7) is 1.53. The van der Waals surface area contributed by atoms with Crippen molar-refractivity contribution in [3.8, 4) is 11.5 Å². The molecule has 2 aliphatic heterocycles. The van der Waals surface area contributed by atoms with Gasteiger partial charge in [0.05, 0.1) is 26.2 Å². The standard InChI is InChI=1S/C32H36N2O4/c1-37-27-12-8-25(9-13-27)31-29(16-17-30(35)34(31)26-10-14-28(38-2)15-11-26)32(36)33-20-18-24(19-21-33)22-23-6-4-3-5-7-23/h3-15,24,29,31H,16-22H2,1-2H3. The quantitative estimate of drug-likeness (QED) is 0.409. The Balaban J connectivity index is 1.38. The van der Waals surface area contributed by atoms with Crippen LogP contribution in [0.15, 0.2) is 78.9 Å². The maximum absolute atomic E-state index is 14.1. The monoisotopic (exact) mass is 512 g/mol. The van der Waals surface area contributed by atoms with Crippen molar-refractivity contribution in [1.29, 1.82) is 0 Å². The predicted molar refractivity (Wildman–Crippen MR) is 148 cm³/mol. The lowest BCUT2D eigenvalue weighted by atomic mass is 9.82. The highest BCUT2D eigenvalue weighted by molar-refractivity contribution is 5.97. The minimum atomic E-state index is -0.384. The van der Waals surface area contributed by atoms with Gasteiger partial charge in [0, 0.05) is 25.2 Å². The zero-order valence-corrected chi connectivity index (χ0v) is 22.2. The Labute approximate surface area is 225 Å². The minimum Gasteiger partial charge on any atom is -0.497 e. The molecule has 2 amide bonds. The molecule has 2 atom stereocenters. The van der Waals surface area contributed by atoms with Crippen LogP contribution in [0.3, 0.4) is 0 Å². The summed E-state index contributed by atoms with van der Waals surface area (Å²) < 4.78 is 10.7. The van der Waals surface area contributed by atoms with Crippen molar-refractivity contribution < 1.29 is 19.1 Å². The first-order valence-corrected chi connectivity index (χ1v) is 13.5. The summed E-state index contributed by atoms with van der Waals surface area (Å²) in [7, 11) is 3.26. The van der Waals surface area contributed by atoms with E-state index in [0.717, 1.165) is 55.1 Å². The molecule has 198 valence electrons. The maximum atomic E-state index is 14.1. The molecule has 0 aromatic heterocycles. The minimum absolute atomic E-state index is 0.0293. The van der Waals surface area contributed by atoms with Gasteiger partial charge in [-0.05, 0) is 79.1 Å². The second kappa shape index (κ2) is 11.7. The smallest absolute Gasteiger partial charge is 0.228 e. The van der Waals surface area contributed by atoms with Crippen LogP contribution in [-0.2, 0) is 16.0 Å². The molecule has 6 nitrogen and oxygen atoms in total. The summed E-state index contributed by atoms with van der Waals surface area (Å²) in [6.07, 6.45) is 3.95. The van der Waals surface area contributed by atoms with E-state index in [2.05, 4.69) is 24.3 Å². The Morgan fingerprint density at radius 1 is 0.816 bits per heavy atom. The van der Waals surface area contributed by atoms with Crippen molar-refractivity contribution in [3.05, 3.63) is 90.0 Å². The van der Waals surface area contributed by atoms with E-state index < -0.39 is 0 Å². The summed E-state index contributed by atoms with van der Waals surface area (Å²) in [4.78, 5) is 31.3. The van der Waals surface area contributed by atoms with Crippen LogP contribution >= 0.6 is 0 Å². The number of likely N-dealkylation sites (tertiary alicyclic amines) is 1. The molecule has 5 rings (SSSR count). The molecule has 0 saturated carbocycles. The number of rotatable bonds is 7. The van der Waals surface area contributed by atoms with Crippen molar-refractivity contribution in [2.45, 2.75) is 38.1 Å². The maximum Gasteiger partial charge on any atom is 0.228 e. The van der Waals surface area contributed by atoms with Gasteiger partial charge in [-0.1, -0.05) is 42.5 Å². The molecule has 2 unspecified atom stereocenters. The molecule has 0 bridgehead atoms. The molecule has 0 radical (unpaired) electrons. The van der Waals surface area contributed by atoms with E-state index in [1.54, 1.807) is 14.2 Å². The highest BCUT2D eigenvalue weighted by atomic mass is 16.5. The molecule has 0 spiro atoms. The first-order valence-electron chi connectivity index (χ1n) is 13.5. The second-order valence-electron chi connectivity index (χ2n) is 10.3. The normalized spacial score (nSPS) is 20.3. The molecule has 2 heterocycles. The van der Waals surface area contributed by atoms with Crippen LogP contribution in [-0.4, -0.2) is 44.0 Å². The van der Waals surface area contributed by atoms with Gasteiger partial charge < -0.3 is 19.3 Å². The number of carbonyl (C=O) groups excluding carboxylic acids is 2. The van der Waals surface area contributed by atoms with E-state index in [1.165, 1.54) is 5.56 Å². The highest BCUT2D eigenvalue weighted by Crippen LogP contribution is 2.42. The molecule has 0 aliphatic carbocycles. The Hall–Kier alpha value is -3.80. The van der Waals surface area contributed by atoms with Gasteiger partial charge in [0.2, 0.25) is 11.8 Å². The lowest BCUT2D eigenvalue weighted by Gasteiger charge is -2.43. The summed E-state index contributed by atoms with van der Waals surface area (Å²) in [5.74, 6) is 1.92. The third-order valence-electron chi connectivity index (χ3n) is 8.02. The molecule has 3 aromatic rings. The molecule has 2 saturated heterocycles. The number of amides is 2. The third-order valence-corrected chi connectivity index (χ3v) is 8.02. The number of methoxy groups -OCH3 is 2. The fourth-order valence-electron chi connectivity index (χ4n) is 5.92. The fraction of sp³-hybridized carbons (Fsp3) is 0.375. The van der Waals surface area contributed by atoms with Gasteiger partial charge in [-0.25, -0.2) is 0 Å². The SMILES string of the molecule is COc1ccc(C2C(C(=O)N3CCC(Cc4ccccc4)CC3)CCC(=O)N2c2ccc(OC)cc2)cc1. The third kappa shape index (κ3) is 5.54. The Bertz CT molecular complexity index is 1220. The van der Waals surface area contributed by atoms with Gasteiger partial charge in [0.15, 0.2) is 0 Å². The van der Waals surface area contributed by atoms with Crippen LogP contribution in [0.25, 0.3) is 0 Å². The molecule has 0 N–H and O–H groups in total. The molecular weight excluding hydrogens is 476 g/mol. The lowest BCUT2D eigenvalue weighted by Crippen LogP contribution is -2.50. The Morgan fingerprint density at radius 3 is 2.03 bits per heavy atom. The predicted octanol–water partition coefficient (Wildman–Crippen LogP) is 5.67. The van der Waals surface area contributed by atoms with Crippen molar-refractivity contribution in [2.75, 3.05) is 32.2 Å². The van der Waals surface area contributed by atoms with E-state index in [9.17, 15) is 9.59 Å². The summed E-state index contributed by atoms with van der Waals surface area (Å²) in [5.41, 5.74) is 3.07. The Kier molecular flexibility index (Phi) is 7.97. The van der Waals surface area contributed by atoms with Crippen molar-refractivity contribution in [1.82, 2.24) is 4.90 Å². The molecule has 2 aliphatic rings. The van der Waals surface area contributed by atoms with Gasteiger partial charge >= 0.3 is 0 Å². The first-order chi connectivity index (χ1) is 18.6. The van der Waals surface area contributed by atoms with Gasteiger partial charge in [-0.3, -0.25) is 9.59 Å². The average Bonchev–Trinajstić information content (AvgIpc) is 2.98. The number of benzene rings is 3. The number of ether oxygens (including phenoxy) is 2. The van der Waals surface area contributed by atoms with Crippen LogP contribution in [0.1, 0.15) is 42.9 Å². The lowest BCUT2D eigenvalue weighted by molar-refractivity contribution is -0.139. The highest BCUT2D eigenvalue weighted by Gasteiger charge is 2.43. The van der Waals surface area contributed by atoms with Crippen molar-refractivity contribution >= 4 is 17.5 Å². The van der Waals surface area contributed by atoms with Crippen LogP contribution in [0.2, 0.25) is 0 Å². The summed E-state index contributed by atoms with van der Waals surface area (Å²) in [5, 5.41) is 0. The molecule has 3 aromatic carbocycles. The number of piperidine rings is 2. The molecule has 6 heteroatoms. The van der Waals surface area contributed by atoms with Gasteiger partial charge in [0.25, 0.3) is 0 Å². The van der Waals surface area contributed by atoms with E-state index in [-0.39, 0.29) is 23.8 Å². The largest absolute Gasteiger partial charge is 0.497 e. The van der Waals surface area contributed by atoms with Crippen LogP contribution in [0.5, 0.6) is 11.5 Å². The topological polar surface area (TPSA) is 59.1 Å². The number of nitrogens with zero attached hydrogens (tertiary/aromatic N) is 2. The van der Waals surface area contributed by atoms with Crippen molar-refractivity contribution in [2.24, 2.45) is 11.8 Å². The first kappa shape index (κ1) is 25.8. The molecule has 38 heavy (non-hydrogen) atoms. The summed E-state index contributed by atoms with van der Waals surface area (Å²) >= 11 is 0. The van der Waals surface area contributed by atoms with Gasteiger partial charge in [-0.2, -0.15) is 0 Å². The van der Waals surface area contributed by atoms with Crippen LogP contribution in [0.4, 0.5) is 5.69 Å². The van der Waals surface area contributed by atoms with E-state index >= 15 is 0 Å². The van der Waals surface area contributed by atoms with Crippen LogP contribution < -0.4 is 14.4 Å². The zero-order valence-electron chi connectivity index (χ0n) is 22.2. The van der Waals surface area contributed by atoms with E-state index in [4.69, 9.17) is 9.47 Å². The van der Waals surface area contributed by atoms with E-state index in [1.807, 2.05) is 64.4 Å². The molecule has 2 fully saturated rings. The number of hydrogen-bond donors (Lipinski definition) is 0. The van der Waals surface area contributed by atoms with Crippen molar-refractivity contribution in [3.63, 3.8) is 0 Å². The summed E-state index contributed by atoms with van der Waals surface area (Å²) in [6, 6.07) is 25.5. The number of hydrogen-bond acceptors (Lipinski definition) is 4.